The second kappa shape index (κ2) is 11.4. The third-order valence-corrected chi connectivity index (χ3v) is 10.9. The molecule has 2 fully saturated rings. The Kier molecular flexibility index (Phi) is 7.82. The first-order valence-corrected chi connectivity index (χ1v) is 15.7. The van der Waals surface area contributed by atoms with E-state index in [4.69, 9.17) is 14.2 Å². The lowest BCUT2D eigenvalue weighted by Crippen LogP contribution is -2.47. The average molecular weight is 583 g/mol. The van der Waals surface area contributed by atoms with Gasteiger partial charge >= 0.3 is 17.9 Å². The average Bonchev–Trinajstić information content (AvgIpc) is 3.34. The molecule has 7 atom stereocenters. The van der Waals surface area contributed by atoms with Crippen molar-refractivity contribution in [3.05, 3.63) is 94.8 Å². The number of hydrogen-bond donors (Lipinski definition) is 0. The molecular weight excluding hydrogens is 540 g/mol. The first kappa shape index (κ1) is 29.4. The van der Waals surface area contributed by atoms with E-state index in [1.165, 1.54) is 18.1 Å². The number of hydrogen-bond acceptors (Lipinski definition) is 6. The van der Waals surface area contributed by atoms with Gasteiger partial charge in [-0.05, 0) is 104 Å². The van der Waals surface area contributed by atoms with Crippen LogP contribution in [-0.4, -0.2) is 30.1 Å². The lowest BCUT2D eigenvalue weighted by Gasteiger charge is -2.54. The van der Waals surface area contributed by atoms with E-state index in [9.17, 15) is 14.4 Å². The molecule has 6 nitrogen and oxygen atoms in total. The summed E-state index contributed by atoms with van der Waals surface area (Å²) in [7, 11) is 0. The van der Waals surface area contributed by atoms with E-state index in [0.717, 1.165) is 44.3 Å². The van der Waals surface area contributed by atoms with Gasteiger partial charge in [0.1, 0.15) is 18.0 Å². The minimum absolute atomic E-state index is 0.136. The highest BCUT2D eigenvalue weighted by Gasteiger charge is 2.59. The molecule has 226 valence electrons. The van der Waals surface area contributed by atoms with Crippen molar-refractivity contribution in [2.45, 2.75) is 84.8 Å². The molecule has 0 unspecified atom stereocenters. The Hall–Kier alpha value is -3.67. The lowest BCUT2D eigenvalue weighted by molar-refractivity contribution is -0.138. The summed E-state index contributed by atoms with van der Waals surface area (Å²) in [6, 6.07) is 18.3. The molecule has 0 saturated heterocycles. The van der Waals surface area contributed by atoms with Crippen LogP contribution < -0.4 is 0 Å². The summed E-state index contributed by atoms with van der Waals surface area (Å²) in [6.45, 7) is 8.09. The van der Waals surface area contributed by atoms with Crippen molar-refractivity contribution in [1.82, 2.24) is 0 Å². The summed E-state index contributed by atoms with van der Waals surface area (Å²) >= 11 is 0. The first-order valence-electron chi connectivity index (χ1n) is 15.7. The summed E-state index contributed by atoms with van der Waals surface area (Å²) < 4.78 is 18.1. The molecule has 0 bridgehead atoms. The van der Waals surface area contributed by atoms with Crippen LogP contribution in [0.1, 0.15) is 93.4 Å². The molecule has 0 N–H and O–H groups in total. The molecule has 2 aromatic carbocycles. The Morgan fingerprint density at radius 2 is 1.53 bits per heavy atom. The fourth-order valence-corrected chi connectivity index (χ4v) is 8.83. The van der Waals surface area contributed by atoms with Gasteiger partial charge in [0.05, 0.1) is 11.1 Å². The first-order chi connectivity index (χ1) is 20.6. The Balaban J connectivity index is 1.25. The molecule has 0 amide bonds. The van der Waals surface area contributed by atoms with Crippen LogP contribution in [0.4, 0.5) is 0 Å². The van der Waals surface area contributed by atoms with Gasteiger partial charge in [-0.1, -0.05) is 56.3 Å². The van der Waals surface area contributed by atoms with Crippen LogP contribution in [0, 0.1) is 28.6 Å². The minimum atomic E-state index is -0.307. The topological polar surface area (TPSA) is 78.9 Å². The van der Waals surface area contributed by atoms with Gasteiger partial charge in [-0.15, -0.1) is 0 Å². The molecule has 4 aliphatic carbocycles. The van der Waals surface area contributed by atoms with Gasteiger partial charge in [0.2, 0.25) is 0 Å². The van der Waals surface area contributed by atoms with Crippen molar-refractivity contribution in [3.63, 3.8) is 0 Å². The van der Waals surface area contributed by atoms with Crippen LogP contribution >= 0.6 is 0 Å². The number of ether oxygens (including phenoxy) is 3. The third kappa shape index (κ3) is 5.34. The monoisotopic (exact) mass is 582 g/mol. The number of esters is 3. The highest BCUT2D eigenvalue weighted by Crippen LogP contribution is 2.66. The highest BCUT2D eigenvalue weighted by molar-refractivity contribution is 5.90. The van der Waals surface area contributed by atoms with Crippen LogP contribution in [0.3, 0.4) is 0 Å². The number of carbonyl (C=O) groups excluding carboxylic acids is 3. The Labute approximate surface area is 254 Å². The number of rotatable bonds is 6. The zero-order chi connectivity index (χ0) is 30.4. The van der Waals surface area contributed by atoms with Crippen molar-refractivity contribution < 1.29 is 28.6 Å². The van der Waals surface area contributed by atoms with E-state index in [-0.39, 0.29) is 52.8 Å². The predicted molar refractivity (Wildman–Crippen MR) is 163 cm³/mol. The van der Waals surface area contributed by atoms with E-state index in [2.05, 4.69) is 19.9 Å². The van der Waals surface area contributed by atoms with E-state index in [0.29, 0.717) is 23.5 Å². The van der Waals surface area contributed by atoms with Crippen molar-refractivity contribution in [2.75, 3.05) is 0 Å². The Morgan fingerprint density at radius 1 is 0.884 bits per heavy atom. The van der Waals surface area contributed by atoms with Gasteiger partial charge < -0.3 is 14.2 Å². The summed E-state index contributed by atoms with van der Waals surface area (Å²) in [6.07, 6.45) is 7.87. The summed E-state index contributed by atoms with van der Waals surface area (Å²) in [5, 5.41) is 0. The van der Waals surface area contributed by atoms with Crippen molar-refractivity contribution in [1.29, 1.82) is 0 Å². The molecule has 0 spiro atoms. The Bertz CT molecular complexity index is 1460. The number of benzene rings is 2. The molecule has 4 aliphatic rings. The second-order valence-corrected chi connectivity index (χ2v) is 13.5. The van der Waals surface area contributed by atoms with E-state index >= 15 is 0 Å². The van der Waals surface area contributed by atoms with E-state index in [1.807, 2.05) is 43.3 Å². The molecule has 43 heavy (non-hydrogen) atoms. The molecule has 0 aromatic heterocycles. The smallest absolute Gasteiger partial charge is 0.338 e. The standard InChI is InChI=1S/C37H42O6/c1-23(41-34(39)25-11-7-5-8-12-25)30-17-18-31-29-16-15-27-21-28(43-35(40)26-13-9-6-10-14-26)19-20-36(27,3)33(29)32(42-24(2)38)22-37(30,31)4/h5-14,16,23,27-28,30-31H,15,17-22H2,1-4H3/t23-,27-,28-,30-,31+,36+,37+/m1/s1. The van der Waals surface area contributed by atoms with Gasteiger partial charge in [0.15, 0.2) is 0 Å². The molecule has 2 saturated carbocycles. The molecule has 0 radical (unpaired) electrons. The normalized spacial score (nSPS) is 32.0. The highest BCUT2D eigenvalue weighted by atomic mass is 16.5. The quantitative estimate of drug-likeness (QED) is 0.255. The summed E-state index contributed by atoms with van der Waals surface area (Å²) in [5.41, 5.74) is 3.26. The maximum atomic E-state index is 12.9. The predicted octanol–water partition coefficient (Wildman–Crippen LogP) is 7.85. The van der Waals surface area contributed by atoms with Gasteiger partial charge in [-0.25, -0.2) is 9.59 Å². The van der Waals surface area contributed by atoms with Crippen LogP contribution in [-0.2, 0) is 19.0 Å². The second-order valence-electron chi connectivity index (χ2n) is 13.5. The maximum absolute atomic E-state index is 12.9. The van der Waals surface area contributed by atoms with Gasteiger partial charge in [0, 0.05) is 19.3 Å². The molecule has 0 aliphatic heterocycles. The van der Waals surface area contributed by atoms with Gasteiger partial charge in [0.25, 0.3) is 0 Å². The van der Waals surface area contributed by atoms with Crippen LogP contribution in [0.5, 0.6) is 0 Å². The fourth-order valence-electron chi connectivity index (χ4n) is 8.83. The van der Waals surface area contributed by atoms with Crippen molar-refractivity contribution in [3.8, 4) is 0 Å². The van der Waals surface area contributed by atoms with Crippen molar-refractivity contribution in [2.24, 2.45) is 28.6 Å². The largest absolute Gasteiger partial charge is 0.459 e. The van der Waals surface area contributed by atoms with Crippen LogP contribution in [0.15, 0.2) is 83.6 Å². The van der Waals surface area contributed by atoms with Crippen LogP contribution in [0.2, 0.25) is 0 Å². The lowest BCUT2D eigenvalue weighted by atomic mass is 9.51. The van der Waals surface area contributed by atoms with Crippen LogP contribution in [0.25, 0.3) is 0 Å². The van der Waals surface area contributed by atoms with E-state index < -0.39 is 0 Å². The van der Waals surface area contributed by atoms with Gasteiger partial charge in [-0.3, -0.25) is 4.79 Å². The molecule has 6 rings (SSSR count). The summed E-state index contributed by atoms with van der Waals surface area (Å²) in [4.78, 5) is 38.2. The zero-order valence-electron chi connectivity index (χ0n) is 25.6. The zero-order valence-corrected chi connectivity index (χ0v) is 25.6. The Morgan fingerprint density at radius 3 is 2.19 bits per heavy atom. The number of allylic oxidation sites excluding steroid dienone is 4. The van der Waals surface area contributed by atoms with Crippen molar-refractivity contribution >= 4 is 17.9 Å². The maximum Gasteiger partial charge on any atom is 0.338 e. The van der Waals surface area contributed by atoms with Gasteiger partial charge in [-0.2, -0.15) is 0 Å². The third-order valence-electron chi connectivity index (χ3n) is 10.9. The number of fused-ring (bicyclic) bond motifs is 5. The minimum Gasteiger partial charge on any atom is -0.459 e. The molecule has 0 heterocycles. The molecule has 6 heteroatoms. The molecular formula is C37H42O6. The SMILES string of the molecule is CC(=O)OC1=C2C(=CC[C@@H]3C[C@H](OC(=O)c4ccccc4)CC[C@]23C)[C@@H]2CC[C@H]([C@@H](C)OC(=O)c3ccccc3)[C@]2(C)C1. The van der Waals surface area contributed by atoms with E-state index in [1.54, 1.807) is 24.3 Å². The fraction of sp³-hybridized carbons (Fsp3) is 0.486. The molecule has 2 aromatic rings. The summed E-state index contributed by atoms with van der Waals surface area (Å²) in [5.74, 6) is 0.619. The number of carbonyl (C=O) groups is 3.